The second kappa shape index (κ2) is 5.01. The Morgan fingerprint density at radius 2 is 1.90 bits per heavy atom. The monoisotopic (exact) mass is 283 g/mol. The fourth-order valence-electron chi connectivity index (χ4n) is 2.45. The summed E-state index contributed by atoms with van der Waals surface area (Å²) in [5.74, 6) is -0.906. The van der Waals surface area contributed by atoms with Crippen LogP contribution in [0.25, 0.3) is 10.8 Å². The number of imide groups is 1. The number of rotatable bonds is 3. The molecule has 1 aliphatic heterocycles. The lowest BCUT2D eigenvalue weighted by Gasteiger charge is -2.17. The molecule has 0 bridgehead atoms. The highest BCUT2D eigenvalue weighted by molar-refractivity contribution is 6.25. The van der Waals surface area contributed by atoms with Gasteiger partial charge in [-0.25, -0.2) is 0 Å². The van der Waals surface area contributed by atoms with Gasteiger partial charge in [-0.2, -0.15) is 0 Å². The molecule has 0 unspecified atom stereocenters. The largest absolute Gasteiger partial charge is 0.426 e. The Morgan fingerprint density at radius 3 is 2.67 bits per heavy atom. The quantitative estimate of drug-likeness (QED) is 0.533. The number of carbonyl (C=O) groups excluding carboxylic acids is 3. The lowest BCUT2D eigenvalue weighted by molar-refractivity contribution is -0.134. The van der Waals surface area contributed by atoms with Crippen molar-refractivity contribution in [3.05, 3.63) is 41.5 Å². The Morgan fingerprint density at radius 1 is 1.14 bits per heavy atom. The first-order chi connectivity index (χ1) is 10.1. The van der Waals surface area contributed by atoms with Crippen molar-refractivity contribution in [2.45, 2.75) is 19.8 Å². The number of esters is 1. The van der Waals surface area contributed by atoms with Crippen LogP contribution in [0.2, 0.25) is 0 Å². The summed E-state index contributed by atoms with van der Waals surface area (Å²) in [6.07, 6.45) is 1.01. The Labute approximate surface area is 120 Å². The van der Waals surface area contributed by atoms with Crippen LogP contribution in [0.5, 0.6) is 5.75 Å². The molecule has 1 aliphatic rings. The fraction of sp³-hybridized carbons (Fsp3) is 0.188. The normalized spacial score (nSPS) is 13.2. The molecule has 2 aromatic carbocycles. The molecule has 0 fully saturated rings. The maximum Gasteiger partial charge on any atom is 0.311 e. The van der Waals surface area contributed by atoms with Crippen LogP contribution in [0.1, 0.15) is 40.5 Å². The van der Waals surface area contributed by atoms with E-state index in [1.54, 1.807) is 24.3 Å². The minimum absolute atomic E-state index is 0.317. The molecule has 5 heteroatoms. The maximum atomic E-state index is 12.0. The molecule has 2 aromatic rings. The number of hydrogen-bond acceptors (Lipinski definition) is 4. The van der Waals surface area contributed by atoms with Crippen LogP contribution in [0.3, 0.4) is 0 Å². The van der Waals surface area contributed by atoms with E-state index in [0.29, 0.717) is 40.5 Å². The van der Waals surface area contributed by atoms with Crippen molar-refractivity contribution in [1.29, 1.82) is 0 Å². The average Bonchev–Trinajstić information content (AvgIpc) is 2.44. The topological polar surface area (TPSA) is 72.5 Å². The number of nitrogens with one attached hydrogen (secondary N) is 1. The number of carbonyl (C=O) groups is 3. The Kier molecular flexibility index (Phi) is 3.17. The van der Waals surface area contributed by atoms with E-state index in [0.717, 1.165) is 0 Å². The van der Waals surface area contributed by atoms with Gasteiger partial charge < -0.3 is 4.74 Å². The summed E-state index contributed by atoms with van der Waals surface area (Å²) in [5.41, 5.74) is 0.801. The highest BCUT2D eigenvalue weighted by Crippen LogP contribution is 2.30. The highest BCUT2D eigenvalue weighted by atomic mass is 16.5. The van der Waals surface area contributed by atoms with Crippen LogP contribution in [0, 0.1) is 0 Å². The van der Waals surface area contributed by atoms with Gasteiger partial charge in [-0.1, -0.05) is 19.1 Å². The predicted octanol–water partition coefficient (Wildman–Crippen LogP) is 2.43. The second-order valence-electron chi connectivity index (χ2n) is 4.88. The third-order valence-corrected chi connectivity index (χ3v) is 3.35. The summed E-state index contributed by atoms with van der Waals surface area (Å²) in [6, 6.07) is 8.35. The van der Waals surface area contributed by atoms with Crippen molar-refractivity contribution < 1.29 is 19.1 Å². The van der Waals surface area contributed by atoms with Crippen molar-refractivity contribution in [3.8, 4) is 5.75 Å². The summed E-state index contributed by atoms with van der Waals surface area (Å²) in [7, 11) is 0. The van der Waals surface area contributed by atoms with E-state index in [4.69, 9.17) is 4.74 Å². The number of amides is 2. The van der Waals surface area contributed by atoms with Crippen LogP contribution in [-0.4, -0.2) is 17.8 Å². The Balaban J connectivity index is 2.14. The molecule has 2 amide bonds. The molecule has 1 heterocycles. The van der Waals surface area contributed by atoms with Gasteiger partial charge in [0.15, 0.2) is 0 Å². The molecule has 0 aliphatic carbocycles. The molecule has 3 rings (SSSR count). The van der Waals surface area contributed by atoms with E-state index in [9.17, 15) is 14.4 Å². The first-order valence-corrected chi connectivity index (χ1v) is 6.73. The van der Waals surface area contributed by atoms with Gasteiger partial charge in [0.25, 0.3) is 11.8 Å². The van der Waals surface area contributed by atoms with Gasteiger partial charge in [-0.3, -0.25) is 19.7 Å². The lowest BCUT2D eigenvalue weighted by atomic mass is 9.95. The van der Waals surface area contributed by atoms with Gasteiger partial charge in [0.1, 0.15) is 5.75 Å². The third kappa shape index (κ3) is 2.27. The third-order valence-electron chi connectivity index (χ3n) is 3.35. The summed E-state index contributed by atoms with van der Waals surface area (Å²) in [4.78, 5) is 35.4. The minimum Gasteiger partial charge on any atom is -0.426 e. The predicted molar refractivity (Wildman–Crippen MR) is 76.3 cm³/mol. The molecular weight excluding hydrogens is 270 g/mol. The van der Waals surface area contributed by atoms with E-state index in [1.807, 2.05) is 6.92 Å². The molecule has 106 valence electrons. The smallest absolute Gasteiger partial charge is 0.311 e. The summed E-state index contributed by atoms with van der Waals surface area (Å²) in [5, 5.41) is 3.58. The van der Waals surface area contributed by atoms with E-state index in [1.165, 1.54) is 6.07 Å². The van der Waals surface area contributed by atoms with Crippen LogP contribution < -0.4 is 10.1 Å². The average molecular weight is 283 g/mol. The van der Waals surface area contributed by atoms with Crippen molar-refractivity contribution >= 4 is 28.6 Å². The lowest BCUT2D eigenvalue weighted by Crippen LogP contribution is -2.34. The zero-order valence-corrected chi connectivity index (χ0v) is 11.4. The second-order valence-corrected chi connectivity index (χ2v) is 4.88. The van der Waals surface area contributed by atoms with E-state index in [2.05, 4.69) is 5.32 Å². The van der Waals surface area contributed by atoms with E-state index >= 15 is 0 Å². The molecular formula is C16H13NO4. The zero-order valence-electron chi connectivity index (χ0n) is 11.4. The van der Waals surface area contributed by atoms with Crippen LogP contribution >= 0.6 is 0 Å². The van der Waals surface area contributed by atoms with Crippen LogP contribution in [0.15, 0.2) is 30.3 Å². The molecule has 21 heavy (non-hydrogen) atoms. The van der Waals surface area contributed by atoms with E-state index in [-0.39, 0.29) is 5.97 Å². The van der Waals surface area contributed by atoms with Gasteiger partial charge in [-0.15, -0.1) is 0 Å². The Bertz CT molecular complexity index is 779. The molecule has 0 saturated heterocycles. The van der Waals surface area contributed by atoms with Crippen LogP contribution in [-0.2, 0) is 4.79 Å². The standard InChI is InChI=1S/C16H13NO4/c1-2-4-13(18)21-10-7-9-5-3-6-11-14(9)12(8-10)16(20)17-15(11)19/h3,5-8H,2,4H2,1H3,(H,17,19,20). The molecule has 1 N–H and O–H groups in total. The molecule has 0 atom stereocenters. The summed E-state index contributed by atoms with van der Waals surface area (Å²) >= 11 is 0. The minimum atomic E-state index is -0.475. The van der Waals surface area contributed by atoms with Crippen molar-refractivity contribution in [2.24, 2.45) is 0 Å². The summed E-state index contributed by atoms with van der Waals surface area (Å²) in [6.45, 7) is 1.89. The van der Waals surface area contributed by atoms with Gasteiger partial charge in [-0.05, 0) is 30.0 Å². The first-order valence-electron chi connectivity index (χ1n) is 6.73. The van der Waals surface area contributed by atoms with Gasteiger partial charge in [0.2, 0.25) is 0 Å². The molecule has 0 aromatic heterocycles. The highest BCUT2D eigenvalue weighted by Gasteiger charge is 2.25. The van der Waals surface area contributed by atoms with Crippen molar-refractivity contribution in [3.63, 3.8) is 0 Å². The van der Waals surface area contributed by atoms with Crippen molar-refractivity contribution in [2.75, 3.05) is 0 Å². The number of ether oxygens (including phenoxy) is 1. The maximum absolute atomic E-state index is 12.0. The zero-order chi connectivity index (χ0) is 15.0. The van der Waals surface area contributed by atoms with Gasteiger partial charge >= 0.3 is 5.97 Å². The molecule has 0 saturated carbocycles. The van der Waals surface area contributed by atoms with Crippen molar-refractivity contribution in [1.82, 2.24) is 5.32 Å². The number of hydrogen-bond donors (Lipinski definition) is 1. The number of benzene rings is 2. The molecule has 0 radical (unpaired) electrons. The summed E-state index contributed by atoms with van der Waals surface area (Å²) < 4.78 is 5.24. The van der Waals surface area contributed by atoms with Gasteiger partial charge in [0.05, 0.1) is 5.56 Å². The molecule has 5 nitrogen and oxygen atoms in total. The van der Waals surface area contributed by atoms with Gasteiger partial charge in [0, 0.05) is 17.4 Å². The van der Waals surface area contributed by atoms with E-state index < -0.39 is 11.8 Å². The Hall–Kier alpha value is -2.69. The first kappa shape index (κ1) is 13.3. The molecule has 0 spiro atoms. The SMILES string of the molecule is CCCC(=O)Oc1cc2c3c(cccc3c1)C(=O)NC2=O. The van der Waals surface area contributed by atoms with Crippen LogP contribution in [0.4, 0.5) is 0 Å². The fourth-order valence-corrected chi connectivity index (χ4v) is 2.45.